The molecule has 0 aliphatic heterocycles. The Morgan fingerprint density at radius 3 is 2.47 bits per heavy atom. The lowest BCUT2D eigenvalue weighted by atomic mass is 9.93. The van der Waals surface area contributed by atoms with Crippen LogP contribution >= 0.6 is 0 Å². The van der Waals surface area contributed by atoms with Gasteiger partial charge in [-0.15, -0.1) is 0 Å². The van der Waals surface area contributed by atoms with Crippen molar-refractivity contribution in [3.05, 3.63) is 120 Å². The lowest BCUT2D eigenvalue weighted by Crippen LogP contribution is -2.15. The molecule has 0 aliphatic carbocycles. The Bertz CT molecular complexity index is 1460. The zero-order valence-corrected chi connectivity index (χ0v) is 18.9. The number of aromatic nitrogens is 3. The molecule has 5 nitrogen and oxygen atoms in total. The molecule has 0 saturated carbocycles. The topological polar surface area (TPSA) is 68.0 Å². The van der Waals surface area contributed by atoms with Crippen LogP contribution in [-0.2, 0) is 17.8 Å². The van der Waals surface area contributed by atoms with E-state index < -0.39 is 11.9 Å². The fourth-order valence-electron chi connectivity index (χ4n) is 4.38. The Labute approximate surface area is 198 Å². The molecule has 5 aromatic rings. The molecule has 1 unspecified atom stereocenters. The van der Waals surface area contributed by atoms with Gasteiger partial charge in [0, 0.05) is 24.4 Å². The van der Waals surface area contributed by atoms with Gasteiger partial charge in [-0.2, -0.15) is 5.10 Å². The van der Waals surface area contributed by atoms with Gasteiger partial charge in [-0.05, 0) is 53.1 Å². The van der Waals surface area contributed by atoms with Crippen molar-refractivity contribution >= 4 is 16.7 Å². The van der Waals surface area contributed by atoms with Gasteiger partial charge in [-0.3, -0.25) is 14.5 Å². The van der Waals surface area contributed by atoms with Crippen LogP contribution in [0.15, 0.2) is 97.3 Å². The summed E-state index contributed by atoms with van der Waals surface area (Å²) in [6, 6.07) is 28.3. The number of carboxylic acid groups (broad SMARTS) is 1. The first-order valence-corrected chi connectivity index (χ1v) is 11.3. The lowest BCUT2D eigenvalue weighted by Gasteiger charge is -2.12. The molecule has 34 heavy (non-hydrogen) atoms. The molecule has 0 bridgehead atoms. The van der Waals surface area contributed by atoms with Crippen molar-refractivity contribution in [3.63, 3.8) is 0 Å². The summed E-state index contributed by atoms with van der Waals surface area (Å²) in [6.45, 7) is 2.55. The molecule has 0 saturated heterocycles. The number of aryl methyl sites for hydroxylation is 1. The maximum Gasteiger partial charge on any atom is 0.311 e. The van der Waals surface area contributed by atoms with Crippen molar-refractivity contribution in [1.82, 2.24) is 14.8 Å². The Hall–Kier alpha value is -4.25. The fourth-order valence-corrected chi connectivity index (χ4v) is 4.38. The molecule has 0 radical (unpaired) electrons. The molecule has 1 N–H and O–H groups in total. The van der Waals surface area contributed by atoms with Crippen LogP contribution in [0.25, 0.3) is 22.0 Å². The maximum atomic E-state index is 12.2. The summed E-state index contributed by atoms with van der Waals surface area (Å²) < 4.78 is 1.96. The van der Waals surface area contributed by atoms with Crippen molar-refractivity contribution in [2.24, 2.45) is 0 Å². The van der Waals surface area contributed by atoms with E-state index in [0.29, 0.717) is 13.0 Å². The predicted molar refractivity (Wildman–Crippen MR) is 134 cm³/mol. The van der Waals surface area contributed by atoms with Gasteiger partial charge in [0.15, 0.2) is 0 Å². The lowest BCUT2D eigenvalue weighted by molar-refractivity contribution is -0.138. The molecule has 3 aromatic carbocycles. The monoisotopic (exact) mass is 447 g/mol. The number of rotatable bonds is 7. The smallest absolute Gasteiger partial charge is 0.311 e. The third-order valence-electron chi connectivity index (χ3n) is 6.11. The molecule has 0 aliphatic rings. The SMILES string of the molecule is Cc1cccc(C(Cc2cc(-c3ccc4ccccc4c3)n(Cc3ccncc3)n2)C(=O)O)c1. The van der Waals surface area contributed by atoms with E-state index in [9.17, 15) is 9.90 Å². The number of benzene rings is 3. The first-order valence-electron chi connectivity index (χ1n) is 11.3. The van der Waals surface area contributed by atoms with Gasteiger partial charge >= 0.3 is 5.97 Å². The van der Waals surface area contributed by atoms with Gasteiger partial charge in [-0.25, -0.2) is 0 Å². The Morgan fingerprint density at radius 1 is 0.912 bits per heavy atom. The third kappa shape index (κ3) is 4.59. The third-order valence-corrected chi connectivity index (χ3v) is 6.11. The van der Waals surface area contributed by atoms with E-state index in [0.717, 1.165) is 39.0 Å². The predicted octanol–water partition coefficient (Wildman–Crippen LogP) is 5.87. The van der Waals surface area contributed by atoms with Crippen LogP contribution in [0.2, 0.25) is 0 Å². The zero-order valence-electron chi connectivity index (χ0n) is 18.9. The number of nitrogens with zero attached hydrogens (tertiary/aromatic N) is 3. The minimum Gasteiger partial charge on any atom is -0.481 e. The fraction of sp³-hybridized carbons (Fsp3) is 0.138. The second-order valence-electron chi connectivity index (χ2n) is 8.61. The normalized spacial score (nSPS) is 12.0. The second kappa shape index (κ2) is 9.32. The molecule has 0 amide bonds. The van der Waals surface area contributed by atoms with E-state index in [2.05, 4.69) is 35.3 Å². The standard InChI is InChI=1S/C29H25N3O2/c1-20-5-4-8-24(15-20)27(29(33)34)17-26-18-28(32(31-26)19-21-11-13-30-14-12-21)25-10-9-22-6-2-3-7-23(22)16-25/h2-16,18,27H,17,19H2,1H3,(H,33,34). The number of fused-ring (bicyclic) bond motifs is 1. The van der Waals surface area contributed by atoms with Crippen LogP contribution in [-0.4, -0.2) is 25.8 Å². The van der Waals surface area contributed by atoms with Gasteiger partial charge in [0.1, 0.15) is 0 Å². The molecule has 2 heterocycles. The van der Waals surface area contributed by atoms with Crippen molar-refractivity contribution < 1.29 is 9.90 Å². The average Bonchev–Trinajstić information content (AvgIpc) is 3.25. The van der Waals surface area contributed by atoms with Crippen LogP contribution in [0.4, 0.5) is 0 Å². The molecule has 5 heteroatoms. The van der Waals surface area contributed by atoms with Crippen LogP contribution in [0.5, 0.6) is 0 Å². The molecule has 2 aromatic heterocycles. The van der Waals surface area contributed by atoms with Gasteiger partial charge in [0.05, 0.1) is 23.9 Å². The van der Waals surface area contributed by atoms with E-state index in [-0.39, 0.29) is 0 Å². The minimum atomic E-state index is -0.846. The van der Waals surface area contributed by atoms with Crippen LogP contribution in [0.3, 0.4) is 0 Å². The molecular formula is C29H25N3O2. The molecular weight excluding hydrogens is 422 g/mol. The maximum absolute atomic E-state index is 12.2. The van der Waals surface area contributed by atoms with Gasteiger partial charge in [0.25, 0.3) is 0 Å². The van der Waals surface area contributed by atoms with Crippen molar-refractivity contribution in [3.8, 4) is 11.3 Å². The van der Waals surface area contributed by atoms with Crippen molar-refractivity contribution in [1.29, 1.82) is 0 Å². The molecule has 0 fully saturated rings. The van der Waals surface area contributed by atoms with E-state index in [1.54, 1.807) is 12.4 Å². The van der Waals surface area contributed by atoms with Crippen molar-refractivity contribution in [2.45, 2.75) is 25.8 Å². The number of aliphatic carboxylic acids is 1. The van der Waals surface area contributed by atoms with Crippen LogP contribution in [0, 0.1) is 6.92 Å². The van der Waals surface area contributed by atoms with E-state index in [1.807, 2.05) is 66.2 Å². The Morgan fingerprint density at radius 2 is 1.71 bits per heavy atom. The summed E-state index contributed by atoms with van der Waals surface area (Å²) >= 11 is 0. The van der Waals surface area contributed by atoms with Gasteiger partial charge in [-0.1, -0.05) is 66.2 Å². The molecule has 5 rings (SSSR count). The number of carboxylic acids is 1. The zero-order chi connectivity index (χ0) is 23.5. The number of hydrogen-bond donors (Lipinski definition) is 1. The highest BCUT2D eigenvalue weighted by molar-refractivity contribution is 5.87. The number of hydrogen-bond acceptors (Lipinski definition) is 3. The summed E-state index contributed by atoms with van der Waals surface area (Å²) in [5.74, 6) is -1.50. The number of carbonyl (C=O) groups is 1. The molecule has 168 valence electrons. The summed E-state index contributed by atoms with van der Waals surface area (Å²) in [4.78, 5) is 16.3. The summed E-state index contributed by atoms with van der Waals surface area (Å²) in [7, 11) is 0. The van der Waals surface area contributed by atoms with E-state index >= 15 is 0 Å². The average molecular weight is 448 g/mol. The largest absolute Gasteiger partial charge is 0.481 e. The van der Waals surface area contributed by atoms with Gasteiger partial charge < -0.3 is 5.11 Å². The van der Waals surface area contributed by atoms with E-state index in [4.69, 9.17) is 5.10 Å². The Balaban J connectivity index is 1.56. The van der Waals surface area contributed by atoms with E-state index in [1.165, 1.54) is 5.39 Å². The Kier molecular flexibility index (Phi) is 5.91. The van der Waals surface area contributed by atoms with Crippen molar-refractivity contribution in [2.75, 3.05) is 0 Å². The molecule has 1 atom stereocenters. The minimum absolute atomic E-state index is 0.322. The highest BCUT2D eigenvalue weighted by atomic mass is 16.4. The van der Waals surface area contributed by atoms with Gasteiger partial charge in [0.2, 0.25) is 0 Å². The second-order valence-corrected chi connectivity index (χ2v) is 8.61. The highest BCUT2D eigenvalue weighted by Crippen LogP contribution is 2.28. The first-order chi connectivity index (χ1) is 16.6. The summed E-state index contributed by atoms with van der Waals surface area (Å²) in [5.41, 5.74) is 5.69. The number of pyridine rings is 1. The quantitative estimate of drug-likeness (QED) is 0.339. The van der Waals surface area contributed by atoms with Crippen LogP contribution in [0.1, 0.15) is 28.3 Å². The van der Waals surface area contributed by atoms with Crippen LogP contribution < -0.4 is 0 Å². The summed E-state index contributed by atoms with van der Waals surface area (Å²) in [5, 5.41) is 17.2. The highest BCUT2D eigenvalue weighted by Gasteiger charge is 2.23. The first kappa shape index (κ1) is 21.6. The summed E-state index contributed by atoms with van der Waals surface area (Å²) in [6.07, 6.45) is 3.87. The molecule has 0 spiro atoms.